The van der Waals surface area contributed by atoms with Crippen LogP contribution in [-0.4, -0.2) is 60.1 Å². The van der Waals surface area contributed by atoms with E-state index in [1.165, 1.54) is 23.3 Å². The molecule has 1 aliphatic heterocycles. The molecule has 6 heteroatoms. The van der Waals surface area contributed by atoms with Crippen molar-refractivity contribution in [3.05, 3.63) is 21.4 Å². The van der Waals surface area contributed by atoms with Crippen molar-refractivity contribution >= 4 is 17.2 Å². The fourth-order valence-corrected chi connectivity index (χ4v) is 4.29. The molecule has 118 valence electrons. The Morgan fingerprint density at radius 3 is 2.57 bits per heavy atom. The van der Waals surface area contributed by atoms with E-state index in [0.29, 0.717) is 0 Å². The van der Waals surface area contributed by atoms with Crippen molar-refractivity contribution in [2.24, 2.45) is 0 Å². The van der Waals surface area contributed by atoms with Crippen LogP contribution in [0.15, 0.2) is 6.07 Å². The van der Waals surface area contributed by atoms with Gasteiger partial charge in [-0.15, -0.1) is 11.3 Å². The Hall–Kier alpha value is -0.620. The predicted octanol–water partition coefficient (Wildman–Crippen LogP) is -1.62. The number of nitrogens with zero attached hydrogens (tertiary/aromatic N) is 2. The highest BCUT2D eigenvalue weighted by molar-refractivity contribution is 7.14. The van der Waals surface area contributed by atoms with Crippen LogP contribution in [0.4, 0.5) is 0 Å². The maximum absolute atomic E-state index is 12.6. The minimum Gasteiger partial charge on any atom is -1.00 e. The minimum atomic E-state index is 0. The standard InChI is InChI=1S/C15H22N2O2S.ClH/c18-10-9-16-5-7-17(8-6-16)15(19)14-11-12-3-1-2-4-13(12)20-14;/h11,18H,1-10H2;1H/p-1. The van der Waals surface area contributed by atoms with E-state index in [-0.39, 0.29) is 24.9 Å². The summed E-state index contributed by atoms with van der Waals surface area (Å²) in [6.45, 7) is 4.22. The monoisotopic (exact) mass is 329 g/mol. The fourth-order valence-electron chi connectivity index (χ4n) is 3.07. The van der Waals surface area contributed by atoms with Crippen molar-refractivity contribution in [2.75, 3.05) is 39.3 Å². The lowest BCUT2D eigenvalue weighted by Gasteiger charge is -2.34. The maximum Gasteiger partial charge on any atom is 0.264 e. The molecule has 1 aliphatic carbocycles. The third-order valence-corrected chi connectivity index (χ3v) is 5.51. The van der Waals surface area contributed by atoms with Crippen LogP contribution in [-0.2, 0) is 12.8 Å². The molecule has 1 fully saturated rings. The quantitative estimate of drug-likeness (QED) is 0.725. The van der Waals surface area contributed by atoms with Crippen LogP contribution in [0.1, 0.15) is 33.0 Å². The first-order valence-corrected chi connectivity index (χ1v) is 8.33. The smallest absolute Gasteiger partial charge is 0.264 e. The van der Waals surface area contributed by atoms with E-state index < -0.39 is 0 Å². The summed E-state index contributed by atoms with van der Waals surface area (Å²) in [4.78, 5) is 19.1. The van der Waals surface area contributed by atoms with Crippen molar-refractivity contribution in [3.63, 3.8) is 0 Å². The first-order chi connectivity index (χ1) is 9.78. The van der Waals surface area contributed by atoms with Gasteiger partial charge in [0.1, 0.15) is 0 Å². The van der Waals surface area contributed by atoms with Crippen LogP contribution >= 0.6 is 11.3 Å². The molecule has 1 N–H and O–H groups in total. The second-order valence-corrected chi connectivity index (χ2v) is 6.76. The summed E-state index contributed by atoms with van der Waals surface area (Å²) in [5.74, 6) is 0.202. The molecule has 21 heavy (non-hydrogen) atoms. The molecule has 4 nitrogen and oxygen atoms in total. The van der Waals surface area contributed by atoms with Crippen LogP contribution in [0, 0.1) is 0 Å². The summed E-state index contributed by atoms with van der Waals surface area (Å²) in [6, 6.07) is 2.13. The minimum absolute atomic E-state index is 0. The summed E-state index contributed by atoms with van der Waals surface area (Å²) < 4.78 is 0. The lowest BCUT2D eigenvalue weighted by Crippen LogP contribution is -3.00. The first-order valence-electron chi connectivity index (χ1n) is 7.52. The van der Waals surface area contributed by atoms with Crippen LogP contribution in [0.5, 0.6) is 0 Å². The molecule has 0 unspecified atom stereocenters. The van der Waals surface area contributed by atoms with Gasteiger partial charge in [0.05, 0.1) is 11.5 Å². The summed E-state index contributed by atoms with van der Waals surface area (Å²) in [6.07, 6.45) is 4.82. The van der Waals surface area contributed by atoms with Gasteiger partial charge in [-0.1, -0.05) is 0 Å². The fraction of sp³-hybridized carbons (Fsp3) is 0.667. The summed E-state index contributed by atoms with van der Waals surface area (Å²) in [5.41, 5.74) is 1.41. The number of β-amino-alcohol motifs (C(OH)–C–C–N with tert-alkyl or cyclic N) is 1. The molecule has 0 aromatic carbocycles. The van der Waals surface area contributed by atoms with Gasteiger partial charge in [0, 0.05) is 37.6 Å². The maximum atomic E-state index is 12.6. The topological polar surface area (TPSA) is 43.8 Å². The van der Waals surface area contributed by atoms with Gasteiger partial charge in [-0.25, -0.2) is 0 Å². The molecule has 1 saturated heterocycles. The number of fused-ring (bicyclic) bond motifs is 1. The average Bonchev–Trinajstić information content (AvgIpc) is 2.91. The van der Waals surface area contributed by atoms with Crippen molar-refractivity contribution in [1.29, 1.82) is 0 Å². The van der Waals surface area contributed by atoms with E-state index in [1.54, 1.807) is 11.3 Å². The van der Waals surface area contributed by atoms with Gasteiger partial charge in [-0.2, -0.15) is 0 Å². The number of hydrogen-bond acceptors (Lipinski definition) is 4. The van der Waals surface area contributed by atoms with E-state index in [1.807, 2.05) is 4.90 Å². The Morgan fingerprint density at radius 2 is 1.90 bits per heavy atom. The van der Waals surface area contributed by atoms with Gasteiger partial charge in [0.15, 0.2) is 0 Å². The van der Waals surface area contributed by atoms with Crippen molar-refractivity contribution in [3.8, 4) is 0 Å². The third kappa shape index (κ3) is 3.77. The van der Waals surface area contributed by atoms with Gasteiger partial charge in [0.2, 0.25) is 0 Å². The molecule has 0 bridgehead atoms. The van der Waals surface area contributed by atoms with Gasteiger partial charge in [-0.3, -0.25) is 9.69 Å². The van der Waals surface area contributed by atoms with Gasteiger partial charge in [0.25, 0.3) is 5.91 Å². The van der Waals surface area contributed by atoms with Crippen molar-refractivity contribution in [1.82, 2.24) is 9.80 Å². The SMILES string of the molecule is O=C(c1cc2c(s1)CCCC2)N1CCN(CCO)CC1.[Cl-]. The molecule has 1 amide bonds. The summed E-state index contributed by atoms with van der Waals surface area (Å²) >= 11 is 1.70. The second kappa shape index (κ2) is 7.58. The van der Waals surface area contributed by atoms with Crippen LogP contribution < -0.4 is 12.4 Å². The molecule has 2 aliphatic rings. The van der Waals surface area contributed by atoms with Crippen LogP contribution in [0.25, 0.3) is 0 Å². The Balaban J connectivity index is 0.00000161. The van der Waals surface area contributed by atoms with Gasteiger partial charge < -0.3 is 22.4 Å². The van der Waals surface area contributed by atoms with E-state index in [0.717, 1.165) is 50.4 Å². The highest BCUT2D eigenvalue weighted by Crippen LogP contribution is 2.30. The molecular formula is C15H22ClN2O2S-. The summed E-state index contributed by atoms with van der Waals surface area (Å²) in [7, 11) is 0. The lowest BCUT2D eigenvalue weighted by molar-refractivity contribution is -0.0000167. The highest BCUT2D eigenvalue weighted by atomic mass is 35.5. The molecule has 1 aromatic heterocycles. The van der Waals surface area contributed by atoms with Crippen molar-refractivity contribution < 1.29 is 22.3 Å². The predicted molar refractivity (Wildman–Crippen MR) is 80.4 cm³/mol. The number of piperazine rings is 1. The molecule has 1 aromatic rings. The molecule has 0 atom stereocenters. The lowest BCUT2D eigenvalue weighted by atomic mass is 9.99. The molecule has 3 rings (SSSR count). The number of aliphatic hydroxyl groups excluding tert-OH is 1. The number of hydrogen-bond donors (Lipinski definition) is 1. The largest absolute Gasteiger partial charge is 1.00 e. The van der Waals surface area contributed by atoms with E-state index in [4.69, 9.17) is 5.11 Å². The number of aryl methyl sites for hydroxylation is 2. The summed E-state index contributed by atoms with van der Waals surface area (Å²) in [5, 5.41) is 8.94. The molecular weight excluding hydrogens is 308 g/mol. The second-order valence-electron chi connectivity index (χ2n) is 5.62. The number of halogens is 1. The first kappa shape index (κ1) is 16.7. The Labute approximate surface area is 136 Å². The average molecular weight is 330 g/mol. The zero-order valence-corrected chi connectivity index (χ0v) is 13.8. The zero-order valence-electron chi connectivity index (χ0n) is 12.2. The number of amides is 1. The zero-order chi connectivity index (χ0) is 13.9. The Bertz CT molecular complexity index is 461. The number of rotatable bonds is 3. The normalized spacial score (nSPS) is 19.0. The molecule has 0 spiro atoms. The third-order valence-electron chi connectivity index (χ3n) is 4.28. The van der Waals surface area contributed by atoms with Crippen LogP contribution in [0.3, 0.4) is 0 Å². The Morgan fingerprint density at radius 1 is 1.19 bits per heavy atom. The van der Waals surface area contributed by atoms with Crippen LogP contribution in [0.2, 0.25) is 0 Å². The number of carbonyl (C=O) groups is 1. The molecule has 2 heterocycles. The molecule has 0 saturated carbocycles. The number of carbonyl (C=O) groups excluding carboxylic acids is 1. The molecule has 0 radical (unpaired) electrons. The van der Waals surface area contributed by atoms with E-state index in [9.17, 15) is 4.79 Å². The van der Waals surface area contributed by atoms with Gasteiger partial charge >= 0.3 is 0 Å². The number of aliphatic hydroxyl groups is 1. The van der Waals surface area contributed by atoms with Crippen molar-refractivity contribution in [2.45, 2.75) is 25.7 Å². The van der Waals surface area contributed by atoms with E-state index in [2.05, 4.69) is 11.0 Å². The number of thiophene rings is 1. The highest BCUT2D eigenvalue weighted by Gasteiger charge is 2.24. The Kier molecular flexibility index (Phi) is 6.05. The van der Waals surface area contributed by atoms with Gasteiger partial charge in [-0.05, 0) is 37.3 Å². The van der Waals surface area contributed by atoms with E-state index >= 15 is 0 Å².